The second kappa shape index (κ2) is 9.20. The Kier molecular flexibility index (Phi) is 5.57. The van der Waals surface area contributed by atoms with Crippen LogP contribution in [0.5, 0.6) is 0 Å². The molecule has 7 rings (SSSR count). The van der Waals surface area contributed by atoms with Crippen LogP contribution in [0, 0.1) is 0 Å². The number of thiophene rings is 2. The van der Waals surface area contributed by atoms with E-state index >= 15 is 0 Å². The number of fused-ring (bicyclic) bond motifs is 6. The summed E-state index contributed by atoms with van der Waals surface area (Å²) in [5.74, 6) is 0. The molecule has 0 fully saturated rings. The topological polar surface area (TPSA) is 0 Å². The Morgan fingerprint density at radius 3 is 1.17 bits per heavy atom. The summed E-state index contributed by atoms with van der Waals surface area (Å²) in [5.41, 5.74) is 5.69. The molecule has 7 aromatic rings. The Morgan fingerprint density at radius 1 is 0.333 bits per heavy atom. The Hall–Kier alpha value is -3.46. The van der Waals surface area contributed by atoms with E-state index in [0.29, 0.717) is 0 Å². The van der Waals surface area contributed by atoms with Crippen molar-refractivity contribution < 1.29 is 0 Å². The zero-order chi connectivity index (χ0) is 23.9. The van der Waals surface area contributed by atoms with Crippen molar-refractivity contribution >= 4 is 63.0 Å². The van der Waals surface area contributed by atoms with Gasteiger partial charge in [-0.25, -0.2) is 0 Å². The molecule has 2 aromatic heterocycles. The summed E-state index contributed by atoms with van der Waals surface area (Å²) in [6.07, 6.45) is 4.33. The van der Waals surface area contributed by atoms with Crippen LogP contribution in [0.3, 0.4) is 0 Å². The summed E-state index contributed by atoms with van der Waals surface area (Å²) >= 11 is 3.81. The molecule has 0 aliphatic carbocycles. The molecule has 0 bridgehead atoms. The quantitative estimate of drug-likeness (QED) is 0.214. The van der Waals surface area contributed by atoms with Crippen molar-refractivity contribution in [3.8, 4) is 0 Å². The van der Waals surface area contributed by atoms with Crippen molar-refractivity contribution in [2.24, 2.45) is 0 Å². The van der Waals surface area contributed by atoms with Gasteiger partial charge in [-0.3, -0.25) is 0 Å². The molecule has 0 N–H and O–H groups in total. The highest BCUT2D eigenvalue weighted by Gasteiger charge is 2.07. The first-order valence-corrected chi connectivity index (χ1v) is 14.3. The summed E-state index contributed by atoms with van der Waals surface area (Å²) in [6.45, 7) is 0. The molecule has 0 aliphatic heterocycles. The van der Waals surface area contributed by atoms with Gasteiger partial charge >= 0.3 is 0 Å². The molecule has 0 unspecified atom stereocenters. The normalized spacial score (nSPS) is 11.8. The van der Waals surface area contributed by atoms with Crippen molar-refractivity contribution in [3.63, 3.8) is 0 Å². The molecule has 0 nitrogen and oxygen atoms in total. The van der Waals surface area contributed by atoms with Gasteiger partial charge in [0.1, 0.15) is 0 Å². The maximum atomic E-state index is 2.39. The van der Waals surface area contributed by atoms with Crippen LogP contribution < -0.4 is 0 Å². The summed E-state index contributed by atoms with van der Waals surface area (Å²) in [5, 5.41) is 5.53. The second-order valence-corrected chi connectivity index (χ2v) is 11.8. The highest BCUT2D eigenvalue weighted by atomic mass is 32.1. The fourth-order valence-corrected chi connectivity index (χ4v) is 7.64. The third-order valence-electron chi connectivity index (χ3n) is 7.31. The monoisotopic (exact) mass is 498 g/mol. The van der Waals surface area contributed by atoms with Gasteiger partial charge in [0.15, 0.2) is 0 Å². The molecular formula is C34H26S2. The zero-order valence-electron chi connectivity index (χ0n) is 20.0. The summed E-state index contributed by atoms with van der Waals surface area (Å²) in [6, 6.07) is 40.8. The first kappa shape index (κ1) is 21.8. The lowest BCUT2D eigenvalue weighted by molar-refractivity contribution is 0.942. The Bertz CT molecular complexity index is 1700. The van der Waals surface area contributed by atoms with E-state index in [1.807, 2.05) is 22.7 Å². The van der Waals surface area contributed by atoms with Crippen LogP contribution in [-0.2, 0) is 25.7 Å². The molecule has 2 heterocycles. The molecule has 36 heavy (non-hydrogen) atoms. The number of benzene rings is 5. The first-order chi connectivity index (χ1) is 17.8. The van der Waals surface area contributed by atoms with Gasteiger partial charge in [0.2, 0.25) is 0 Å². The minimum Gasteiger partial charge on any atom is -0.135 e. The molecular weight excluding hydrogens is 473 g/mol. The first-order valence-electron chi connectivity index (χ1n) is 12.7. The maximum absolute atomic E-state index is 2.39. The summed E-state index contributed by atoms with van der Waals surface area (Å²) in [4.78, 5) is 0. The van der Waals surface area contributed by atoms with Gasteiger partial charge in [-0.15, -0.1) is 22.7 Å². The lowest BCUT2D eigenvalue weighted by Crippen LogP contribution is -1.94. The summed E-state index contributed by atoms with van der Waals surface area (Å²) in [7, 11) is 0. The van der Waals surface area contributed by atoms with Crippen molar-refractivity contribution in [2.75, 3.05) is 0 Å². The van der Waals surface area contributed by atoms with Crippen molar-refractivity contribution in [3.05, 3.63) is 131 Å². The Morgan fingerprint density at radius 2 is 0.694 bits per heavy atom. The average Bonchev–Trinajstić information content (AvgIpc) is 3.48. The van der Waals surface area contributed by atoms with E-state index in [0.717, 1.165) is 25.7 Å². The molecule has 5 aromatic carbocycles. The minimum absolute atomic E-state index is 1.08. The van der Waals surface area contributed by atoms with E-state index < -0.39 is 0 Å². The molecule has 0 aliphatic rings. The number of hydrogen-bond acceptors (Lipinski definition) is 2. The highest BCUT2D eigenvalue weighted by Crippen LogP contribution is 2.35. The van der Waals surface area contributed by atoms with E-state index in [-0.39, 0.29) is 0 Å². The van der Waals surface area contributed by atoms with Crippen LogP contribution in [-0.4, -0.2) is 0 Å². The zero-order valence-corrected chi connectivity index (χ0v) is 21.7. The molecule has 2 heteroatoms. The van der Waals surface area contributed by atoms with E-state index in [1.54, 1.807) is 0 Å². The molecule has 174 valence electrons. The van der Waals surface area contributed by atoms with Gasteiger partial charge < -0.3 is 0 Å². The van der Waals surface area contributed by atoms with Gasteiger partial charge in [0.05, 0.1) is 0 Å². The lowest BCUT2D eigenvalue weighted by Gasteiger charge is -2.06. The maximum Gasteiger partial charge on any atom is 0.0358 e. The van der Waals surface area contributed by atoms with Crippen molar-refractivity contribution in [1.82, 2.24) is 0 Å². The van der Waals surface area contributed by atoms with Crippen LogP contribution in [0.2, 0.25) is 0 Å². The third-order valence-corrected chi connectivity index (χ3v) is 9.58. The summed E-state index contributed by atoms with van der Waals surface area (Å²) < 4.78 is 5.56. The van der Waals surface area contributed by atoms with Crippen molar-refractivity contribution in [1.29, 1.82) is 0 Å². The second-order valence-electron chi connectivity index (χ2n) is 9.67. The molecule has 0 amide bonds. The smallest absolute Gasteiger partial charge is 0.0358 e. The van der Waals surface area contributed by atoms with Crippen molar-refractivity contribution in [2.45, 2.75) is 25.7 Å². The van der Waals surface area contributed by atoms with Crippen LogP contribution in [0.4, 0.5) is 0 Å². The number of rotatable bonds is 6. The van der Waals surface area contributed by atoms with E-state index in [1.165, 1.54) is 62.6 Å². The molecule has 0 saturated carbocycles. The lowest BCUT2D eigenvalue weighted by atomic mass is 9.99. The van der Waals surface area contributed by atoms with Crippen LogP contribution >= 0.6 is 22.7 Å². The third kappa shape index (κ3) is 4.11. The molecule has 0 atom stereocenters. The molecule has 0 spiro atoms. The van der Waals surface area contributed by atoms with E-state index in [4.69, 9.17) is 0 Å². The molecule has 0 radical (unpaired) electrons. The van der Waals surface area contributed by atoms with Gasteiger partial charge in [-0.05, 0) is 72.2 Å². The van der Waals surface area contributed by atoms with Crippen LogP contribution in [0.15, 0.2) is 109 Å². The highest BCUT2D eigenvalue weighted by molar-refractivity contribution is 7.26. The van der Waals surface area contributed by atoms with Gasteiger partial charge in [0.25, 0.3) is 0 Å². The largest absolute Gasteiger partial charge is 0.135 e. The van der Waals surface area contributed by atoms with Gasteiger partial charge in [0, 0.05) is 40.3 Å². The fourth-order valence-electron chi connectivity index (χ4n) is 5.30. The molecule has 0 saturated heterocycles. The van der Waals surface area contributed by atoms with Crippen LogP contribution in [0.25, 0.3) is 40.3 Å². The van der Waals surface area contributed by atoms with Crippen LogP contribution in [0.1, 0.15) is 22.3 Å². The predicted molar refractivity (Wildman–Crippen MR) is 160 cm³/mol. The van der Waals surface area contributed by atoms with E-state index in [2.05, 4.69) is 109 Å². The minimum atomic E-state index is 1.08. The Balaban J connectivity index is 1.00. The predicted octanol–water partition coefficient (Wildman–Crippen LogP) is 9.99. The number of aryl methyl sites for hydroxylation is 4. The van der Waals surface area contributed by atoms with Gasteiger partial charge in [-0.1, -0.05) is 84.9 Å². The van der Waals surface area contributed by atoms with E-state index in [9.17, 15) is 0 Å². The fraction of sp³-hybridized carbons (Fsp3) is 0.118. The number of hydrogen-bond donors (Lipinski definition) is 0. The average molecular weight is 499 g/mol. The standard InChI is InChI=1S/C34H26S2/c1-3-7-31-27(5-1)29-19-17-25(21-33(29)35-31)15-13-23-9-11-24(12-10-23)14-16-26-18-20-30-28-6-2-4-8-32(28)36-34(30)22-26/h1-12,17-22H,13-16H2. The Labute approximate surface area is 219 Å². The SMILES string of the molecule is c1ccc2c(c1)sc1cc(CCc3ccc(CCc4ccc5c(c4)sc4ccccc45)cc3)ccc12. The van der Waals surface area contributed by atoms with Gasteiger partial charge in [-0.2, -0.15) is 0 Å².